The van der Waals surface area contributed by atoms with Gasteiger partial charge in [0.15, 0.2) is 17.4 Å². The first-order valence-electron chi connectivity index (χ1n) is 10.2. The maximum absolute atomic E-state index is 14.1. The molecule has 0 atom stereocenters. The zero-order valence-electron chi connectivity index (χ0n) is 17.1. The van der Waals surface area contributed by atoms with Gasteiger partial charge in [0.1, 0.15) is 5.65 Å². The first-order valence-corrected chi connectivity index (χ1v) is 10.2. The number of nitrogens with zero attached hydrogens (tertiary/aromatic N) is 3. The fourth-order valence-corrected chi connectivity index (χ4v) is 4.16. The lowest BCUT2D eigenvalue weighted by Gasteiger charge is -2.34. The minimum atomic E-state index is -1.000. The van der Waals surface area contributed by atoms with Crippen LogP contribution in [0.15, 0.2) is 54.9 Å². The molecule has 1 fully saturated rings. The van der Waals surface area contributed by atoms with Crippen molar-refractivity contribution >= 4 is 16.7 Å². The van der Waals surface area contributed by atoms with Crippen molar-refractivity contribution in [2.75, 3.05) is 38.1 Å². The Hall–Kier alpha value is -3.45. The number of H-pyrrole nitrogens is 1. The van der Waals surface area contributed by atoms with E-state index in [-0.39, 0.29) is 0 Å². The highest BCUT2D eigenvalue weighted by atomic mass is 19.1. The average Bonchev–Trinajstić information content (AvgIpc) is 3.26. The molecule has 2 aromatic heterocycles. The van der Waals surface area contributed by atoms with Crippen LogP contribution in [0.25, 0.3) is 33.3 Å². The van der Waals surface area contributed by atoms with Gasteiger partial charge in [-0.15, -0.1) is 0 Å². The fourth-order valence-electron chi connectivity index (χ4n) is 4.16. The Bertz CT molecular complexity index is 1220. The van der Waals surface area contributed by atoms with Gasteiger partial charge in [0.2, 0.25) is 0 Å². The number of pyridine rings is 1. The van der Waals surface area contributed by atoms with Crippen LogP contribution in [0.3, 0.4) is 0 Å². The average molecular weight is 420 g/mol. The summed E-state index contributed by atoms with van der Waals surface area (Å²) < 4.78 is 28.1. The quantitative estimate of drug-likeness (QED) is 0.507. The Morgan fingerprint density at radius 1 is 0.935 bits per heavy atom. The molecule has 31 heavy (non-hydrogen) atoms. The molecule has 5 nitrogen and oxygen atoms in total. The molecule has 0 radical (unpaired) electrons. The largest absolute Gasteiger partial charge is 0.503 e. The van der Waals surface area contributed by atoms with Crippen LogP contribution >= 0.6 is 0 Å². The second-order valence-corrected chi connectivity index (χ2v) is 7.91. The fraction of sp³-hybridized carbons (Fsp3) is 0.208. The van der Waals surface area contributed by atoms with E-state index in [1.807, 2.05) is 18.2 Å². The smallest absolute Gasteiger partial charge is 0.187 e. The number of phenolic OH excluding ortho intramolecular Hbond substituents is 1. The first-order chi connectivity index (χ1) is 15.0. The van der Waals surface area contributed by atoms with E-state index in [4.69, 9.17) is 0 Å². The third-order valence-electron chi connectivity index (χ3n) is 5.94. The highest BCUT2D eigenvalue weighted by Gasteiger charge is 2.18. The molecule has 3 heterocycles. The first kappa shape index (κ1) is 19.5. The summed E-state index contributed by atoms with van der Waals surface area (Å²) in [7, 11) is 2.13. The van der Waals surface area contributed by atoms with Gasteiger partial charge >= 0.3 is 0 Å². The minimum Gasteiger partial charge on any atom is -0.503 e. The van der Waals surface area contributed by atoms with E-state index in [0.29, 0.717) is 16.8 Å². The Morgan fingerprint density at radius 3 is 2.29 bits per heavy atom. The molecule has 158 valence electrons. The van der Waals surface area contributed by atoms with Crippen molar-refractivity contribution in [3.63, 3.8) is 0 Å². The van der Waals surface area contributed by atoms with Crippen molar-refractivity contribution in [1.29, 1.82) is 0 Å². The lowest BCUT2D eigenvalue weighted by molar-refractivity contribution is 0.313. The van der Waals surface area contributed by atoms with E-state index >= 15 is 0 Å². The number of halogens is 2. The van der Waals surface area contributed by atoms with Crippen LogP contribution in [-0.2, 0) is 0 Å². The van der Waals surface area contributed by atoms with Gasteiger partial charge in [-0.05, 0) is 48.5 Å². The molecule has 0 unspecified atom stereocenters. The van der Waals surface area contributed by atoms with Gasteiger partial charge in [-0.1, -0.05) is 12.1 Å². The minimum absolute atomic E-state index is 0.321. The zero-order valence-corrected chi connectivity index (χ0v) is 17.1. The maximum Gasteiger partial charge on any atom is 0.187 e. The van der Waals surface area contributed by atoms with E-state index < -0.39 is 17.4 Å². The van der Waals surface area contributed by atoms with Gasteiger partial charge in [0, 0.05) is 60.8 Å². The number of hydrogen-bond donors (Lipinski definition) is 2. The van der Waals surface area contributed by atoms with Gasteiger partial charge in [-0.3, -0.25) is 0 Å². The van der Waals surface area contributed by atoms with E-state index in [0.717, 1.165) is 60.5 Å². The van der Waals surface area contributed by atoms with Gasteiger partial charge in [0.05, 0.1) is 0 Å². The van der Waals surface area contributed by atoms with Crippen molar-refractivity contribution in [3.05, 3.63) is 66.5 Å². The Labute approximate surface area is 178 Å². The summed E-state index contributed by atoms with van der Waals surface area (Å²) in [5, 5.41) is 10.4. The van der Waals surface area contributed by atoms with Crippen LogP contribution in [0.2, 0.25) is 0 Å². The van der Waals surface area contributed by atoms with Crippen molar-refractivity contribution in [1.82, 2.24) is 14.9 Å². The Morgan fingerprint density at radius 2 is 1.61 bits per heavy atom. The third kappa shape index (κ3) is 3.51. The number of aromatic hydroxyl groups is 1. The van der Waals surface area contributed by atoms with Gasteiger partial charge in [-0.25, -0.2) is 13.8 Å². The number of aromatic nitrogens is 2. The molecule has 5 rings (SSSR count). The van der Waals surface area contributed by atoms with E-state index in [1.165, 1.54) is 0 Å². The van der Waals surface area contributed by atoms with Crippen LogP contribution in [0.1, 0.15) is 0 Å². The number of piperazine rings is 1. The molecule has 0 bridgehead atoms. The highest BCUT2D eigenvalue weighted by Crippen LogP contribution is 2.39. The molecule has 7 heteroatoms. The standard InChI is InChI=1S/C24H22F2N4O/c1-29-8-10-30(11-9-29)17-4-2-15(3-5-17)22-18-6-7-27-24(18)28-14-19(22)16-12-20(25)23(31)21(26)13-16/h2-7,12-14,31H,8-11H2,1H3,(H,27,28). The van der Waals surface area contributed by atoms with Gasteiger partial charge < -0.3 is 19.9 Å². The normalized spacial score (nSPS) is 15.0. The number of rotatable bonds is 3. The monoisotopic (exact) mass is 420 g/mol. The summed E-state index contributed by atoms with van der Waals surface area (Å²) in [6, 6.07) is 12.4. The van der Waals surface area contributed by atoms with Crippen LogP contribution in [-0.4, -0.2) is 53.2 Å². The Kier molecular flexibility index (Phi) is 4.82. The van der Waals surface area contributed by atoms with E-state index in [2.05, 4.69) is 38.9 Å². The second kappa shape index (κ2) is 7.67. The molecule has 0 amide bonds. The predicted octanol–water partition coefficient (Wildman–Crippen LogP) is 4.63. The molecule has 1 aliphatic heterocycles. The number of phenols is 1. The molecule has 4 aromatic rings. The number of nitrogens with one attached hydrogen (secondary N) is 1. The maximum atomic E-state index is 14.1. The van der Waals surface area contributed by atoms with Crippen molar-refractivity contribution in [2.24, 2.45) is 0 Å². The molecule has 2 N–H and O–H groups in total. The number of aromatic amines is 1. The summed E-state index contributed by atoms with van der Waals surface area (Å²) in [4.78, 5) is 12.2. The Balaban J connectivity index is 1.61. The summed E-state index contributed by atoms with van der Waals surface area (Å²) in [6.45, 7) is 4.01. The number of likely N-dealkylation sites (N-methyl/N-ethyl adjacent to an activating group) is 1. The summed E-state index contributed by atoms with van der Waals surface area (Å²) in [5.41, 5.74) is 4.52. The molecular formula is C24H22F2N4O. The molecule has 1 saturated heterocycles. The predicted molar refractivity (Wildman–Crippen MR) is 118 cm³/mol. The van der Waals surface area contributed by atoms with E-state index in [9.17, 15) is 13.9 Å². The lowest BCUT2D eigenvalue weighted by atomic mass is 9.93. The lowest BCUT2D eigenvalue weighted by Crippen LogP contribution is -2.44. The number of anilines is 1. The third-order valence-corrected chi connectivity index (χ3v) is 5.94. The van der Waals surface area contributed by atoms with Crippen LogP contribution in [0.5, 0.6) is 5.75 Å². The molecule has 0 saturated carbocycles. The number of benzene rings is 2. The van der Waals surface area contributed by atoms with Crippen LogP contribution < -0.4 is 4.90 Å². The summed E-state index contributed by atoms with van der Waals surface area (Å²) in [5.74, 6) is -2.97. The molecule has 2 aromatic carbocycles. The SMILES string of the molecule is CN1CCN(c2ccc(-c3c(-c4cc(F)c(O)c(F)c4)cnc4[nH]ccc34)cc2)CC1. The summed E-state index contributed by atoms with van der Waals surface area (Å²) >= 11 is 0. The van der Waals surface area contributed by atoms with Crippen LogP contribution in [0, 0.1) is 11.6 Å². The molecule has 0 aliphatic carbocycles. The molecular weight excluding hydrogens is 398 g/mol. The van der Waals surface area contributed by atoms with Gasteiger partial charge in [-0.2, -0.15) is 0 Å². The summed E-state index contributed by atoms with van der Waals surface area (Å²) in [6.07, 6.45) is 3.40. The zero-order chi connectivity index (χ0) is 21.5. The van der Waals surface area contributed by atoms with E-state index in [1.54, 1.807) is 12.4 Å². The highest BCUT2D eigenvalue weighted by molar-refractivity contribution is 6.01. The number of hydrogen-bond acceptors (Lipinski definition) is 4. The topological polar surface area (TPSA) is 55.4 Å². The van der Waals surface area contributed by atoms with Gasteiger partial charge in [0.25, 0.3) is 0 Å². The molecule has 0 spiro atoms. The second-order valence-electron chi connectivity index (χ2n) is 7.91. The van der Waals surface area contributed by atoms with Crippen molar-refractivity contribution < 1.29 is 13.9 Å². The molecule has 1 aliphatic rings. The van der Waals surface area contributed by atoms with Crippen molar-refractivity contribution in [3.8, 4) is 28.0 Å². The number of fused-ring (bicyclic) bond motifs is 1. The van der Waals surface area contributed by atoms with Crippen LogP contribution in [0.4, 0.5) is 14.5 Å². The van der Waals surface area contributed by atoms with Crippen molar-refractivity contribution in [2.45, 2.75) is 0 Å².